The Morgan fingerprint density at radius 3 is 2.07 bits per heavy atom. The smallest absolute Gasteiger partial charge is 0.412 e. The van der Waals surface area contributed by atoms with E-state index < -0.39 is 11.7 Å². The molecule has 2 aromatic rings. The van der Waals surface area contributed by atoms with Crippen LogP contribution in [-0.4, -0.2) is 30.6 Å². The fourth-order valence-corrected chi connectivity index (χ4v) is 2.21. The number of amides is 3. The minimum absolute atomic E-state index is 0.200. The molecule has 0 heterocycles. The Kier molecular flexibility index (Phi) is 6.18. The topological polar surface area (TPSA) is 96.5 Å². The molecule has 0 fully saturated rings. The van der Waals surface area contributed by atoms with E-state index in [0.717, 1.165) is 0 Å². The van der Waals surface area contributed by atoms with Gasteiger partial charge in [0.15, 0.2) is 0 Å². The van der Waals surface area contributed by atoms with Crippen LogP contribution in [0.4, 0.5) is 16.2 Å². The lowest BCUT2D eigenvalue weighted by Crippen LogP contribution is -2.27. The summed E-state index contributed by atoms with van der Waals surface area (Å²) in [5.41, 5.74) is 1.27. The first-order valence-electron chi connectivity index (χ1n) is 8.41. The Morgan fingerprint density at radius 1 is 0.815 bits per heavy atom. The van der Waals surface area contributed by atoms with Crippen molar-refractivity contribution in [2.45, 2.75) is 26.4 Å². The fraction of sp³-hybridized carbons (Fsp3) is 0.250. The highest BCUT2D eigenvalue weighted by Crippen LogP contribution is 2.16. The average Bonchev–Trinajstić information content (AvgIpc) is 2.60. The first-order valence-corrected chi connectivity index (χ1v) is 8.41. The van der Waals surface area contributed by atoms with Gasteiger partial charge in [-0.05, 0) is 63.2 Å². The van der Waals surface area contributed by atoms with E-state index in [0.29, 0.717) is 22.5 Å². The standard InChI is InChI=1S/C20H23N3O4/c1-20(2,3)27-19(26)23-16-7-5-6-14(12-16)18(25)22-15-10-8-13(9-11-15)17(24)21-4/h5-12H,1-4H3,(H,21,24)(H,22,25)(H,23,26). The van der Waals surface area contributed by atoms with Gasteiger partial charge in [0.05, 0.1) is 0 Å². The zero-order valence-electron chi connectivity index (χ0n) is 15.8. The molecule has 142 valence electrons. The van der Waals surface area contributed by atoms with Gasteiger partial charge in [-0.25, -0.2) is 4.79 Å². The molecule has 0 radical (unpaired) electrons. The lowest BCUT2D eigenvalue weighted by atomic mass is 10.1. The van der Waals surface area contributed by atoms with Crippen molar-refractivity contribution in [2.24, 2.45) is 0 Å². The normalized spacial score (nSPS) is 10.7. The first-order chi connectivity index (χ1) is 12.7. The van der Waals surface area contributed by atoms with Gasteiger partial charge in [0.1, 0.15) is 5.60 Å². The lowest BCUT2D eigenvalue weighted by molar-refractivity contribution is 0.0635. The van der Waals surface area contributed by atoms with E-state index in [4.69, 9.17) is 4.74 Å². The zero-order valence-corrected chi connectivity index (χ0v) is 15.8. The lowest BCUT2D eigenvalue weighted by Gasteiger charge is -2.19. The molecule has 27 heavy (non-hydrogen) atoms. The summed E-state index contributed by atoms with van der Waals surface area (Å²) in [5, 5.41) is 7.88. The number of hydrogen-bond donors (Lipinski definition) is 3. The number of anilines is 2. The van der Waals surface area contributed by atoms with Crippen molar-refractivity contribution < 1.29 is 19.1 Å². The number of hydrogen-bond acceptors (Lipinski definition) is 4. The van der Waals surface area contributed by atoms with Crippen LogP contribution in [0.25, 0.3) is 0 Å². The van der Waals surface area contributed by atoms with E-state index in [-0.39, 0.29) is 11.8 Å². The van der Waals surface area contributed by atoms with E-state index in [1.54, 1.807) is 76.3 Å². The average molecular weight is 369 g/mol. The predicted octanol–water partition coefficient (Wildman–Crippen LogP) is 3.65. The van der Waals surface area contributed by atoms with E-state index in [1.165, 1.54) is 0 Å². The maximum absolute atomic E-state index is 12.4. The molecule has 0 spiro atoms. The minimum Gasteiger partial charge on any atom is -0.444 e. The van der Waals surface area contributed by atoms with Gasteiger partial charge in [-0.2, -0.15) is 0 Å². The molecule has 0 bridgehead atoms. The number of carbonyl (C=O) groups is 3. The van der Waals surface area contributed by atoms with Crippen LogP contribution in [0.5, 0.6) is 0 Å². The van der Waals surface area contributed by atoms with Crippen molar-refractivity contribution in [3.63, 3.8) is 0 Å². The van der Waals surface area contributed by atoms with E-state index in [2.05, 4.69) is 16.0 Å². The highest BCUT2D eigenvalue weighted by Gasteiger charge is 2.16. The SMILES string of the molecule is CNC(=O)c1ccc(NC(=O)c2cccc(NC(=O)OC(C)(C)C)c2)cc1. The Morgan fingerprint density at radius 2 is 1.48 bits per heavy atom. The number of carbonyl (C=O) groups excluding carboxylic acids is 3. The van der Waals surface area contributed by atoms with Crippen LogP contribution in [0.1, 0.15) is 41.5 Å². The molecule has 0 aliphatic rings. The summed E-state index contributed by atoms with van der Waals surface area (Å²) in [6, 6.07) is 13.0. The summed E-state index contributed by atoms with van der Waals surface area (Å²) in [6.07, 6.45) is -0.593. The molecule has 3 N–H and O–H groups in total. The maximum Gasteiger partial charge on any atom is 0.412 e. The molecule has 7 nitrogen and oxygen atoms in total. The third-order valence-corrected chi connectivity index (χ3v) is 3.40. The van der Waals surface area contributed by atoms with Crippen LogP contribution < -0.4 is 16.0 Å². The van der Waals surface area contributed by atoms with Crippen LogP contribution in [0.3, 0.4) is 0 Å². The van der Waals surface area contributed by atoms with Crippen LogP contribution in [0.15, 0.2) is 48.5 Å². The molecular formula is C20H23N3O4. The predicted molar refractivity (Wildman–Crippen MR) is 104 cm³/mol. The fourth-order valence-electron chi connectivity index (χ4n) is 2.21. The molecule has 0 aliphatic carbocycles. The Bertz CT molecular complexity index is 839. The van der Waals surface area contributed by atoms with Gasteiger partial charge in [0.25, 0.3) is 11.8 Å². The van der Waals surface area contributed by atoms with Gasteiger partial charge in [-0.1, -0.05) is 6.07 Å². The largest absolute Gasteiger partial charge is 0.444 e. The molecule has 0 aromatic heterocycles. The summed E-state index contributed by atoms with van der Waals surface area (Å²) < 4.78 is 5.19. The van der Waals surface area contributed by atoms with Crippen LogP contribution in [0.2, 0.25) is 0 Å². The van der Waals surface area contributed by atoms with Crippen molar-refractivity contribution in [3.8, 4) is 0 Å². The van der Waals surface area contributed by atoms with Crippen molar-refractivity contribution in [3.05, 3.63) is 59.7 Å². The second-order valence-electron chi connectivity index (χ2n) is 6.82. The molecular weight excluding hydrogens is 346 g/mol. The number of nitrogens with one attached hydrogen (secondary N) is 3. The summed E-state index contributed by atoms with van der Waals surface area (Å²) >= 11 is 0. The molecule has 7 heteroatoms. The highest BCUT2D eigenvalue weighted by molar-refractivity contribution is 6.05. The van der Waals surface area contributed by atoms with Gasteiger partial charge in [-0.3, -0.25) is 14.9 Å². The van der Waals surface area contributed by atoms with E-state index >= 15 is 0 Å². The first kappa shape index (κ1) is 20.0. The number of rotatable bonds is 4. The zero-order chi connectivity index (χ0) is 20.0. The van der Waals surface area contributed by atoms with Crippen molar-refractivity contribution in [1.29, 1.82) is 0 Å². The Balaban J connectivity index is 2.04. The minimum atomic E-state index is -0.611. The van der Waals surface area contributed by atoms with Crippen molar-refractivity contribution in [2.75, 3.05) is 17.7 Å². The van der Waals surface area contributed by atoms with Gasteiger partial charge >= 0.3 is 6.09 Å². The van der Waals surface area contributed by atoms with Gasteiger partial charge in [-0.15, -0.1) is 0 Å². The summed E-state index contributed by atoms with van der Waals surface area (Å²) in [4.78, 5) is 35.8. The number of benzene rings is 2. The van der Waals surface area contributed by atoms with Crippen LogP contribution in [0, 0.1) is 0 Å². The van der Waals surface area contributed by atoms with Gasteiger partial charge < -0.3 is 15.4 Å². The second kappa shape index (κ2) is 8.35. The number of ether oxygens (including phenoxy) is 1. The molecule has 2 aromatic carbocycles. The van der Waals surface area contributed by atoms with E-state index in [9.17, 15) is 14.4 Å². The summed E-state index contributed by atoms with van der Waals surface area (Å²) in [5.74, 6) is -0.538. The molecule has 0 unspecified atom stereocenters. The van der Waals surface area contributed by atoms with Crippen molar-refractivity contribution >= 4 is 29.3 Å². The molecule has 0 saturated heterocycles. The third kappa shape index (κ3) is 6.14. The quantitative estimate of drug-likeness (QED) is 0.766. The van der Waals surface area contributed by atoms with Crippen LogP contribution >= 0.6 is 0 Å². The molecule has 0 aliphatic heterocycles. The van der Waals surface area contributed by atoms with E-state index in [1.807, 2.05) is 0 Å². The molecule has 0 saturated carbocycles. The third-order valence-electron chi connectivity index (χ3n) is 3.40. The van der Waals surface area contributed by atoms with Crippen molar-refractivity contribution in [1.82, 2.24) is 5.32 Å². The monoisotopic (exact) mass is 369 g/mol. The molecule has 0 atom stereocenters. The van der Waals surface area contributed by atoms with Crippen LogP contribution in [-0.2, 0) is 4.74 Å². The van der Waals surface area contributed by atoms with Gasteiger partial charge in [0.2, 0.25) is 0 Å². The Hall–Kier alpha value is -3.35. The second-order valence-corrected chi connectivity index (χ2v) is 6.82. The summed E-state index contributed by atoms with van der Waals surface area (Å²) in [7, 11) is 1.55. The summed E-state index contributed by atoms with van der Waals surface area (Å²) in [6.45, 7) is 5.31. The maximum atomic E-state index is 12.4. The molecule has 3 amide bonds. The Labute approximate surface area is 158 Å². The highest BCUT2D eigenvalue weighted by atomic mass is 16.6. The van der Waals surface area contributed by atoms with Gasteiger partial charge in [0, 0.05) is 29.5 Å². The molecule has 2 rings (SSSR count).